The molecule has 1 saturated carbocycles. The predicted molar refractivity (Wildman–Crippen MR) is 74.8 cm³/mol. The van der Waals surface area contributed by atoms with E-state index >= 15 is 0 Å². The van der Waals surface area contributed by atoms with Gasteiger partial charge in [-0.15, -0.1) is 0 Å². The first-order valence-electron chi connectivity index (χ1n) is 7.57. The van der Waals surface area contributed by atoms with Gasteiger partial charge in [-0.3, -0.25) is 4.68 Å². The van der Waals surface area contributed by atoms with Gasteiger partial charge in [-0.1, -0.05) is 0 Å². The van der Waals surface area contributed by atoms with Crippen molar-refractivity contribution in [3.63, 3.8) is 0 Å². The molecule has 106 valence electrons. The zero-order chi connectivity index (χ0) is 13.5. The van der Waals surface area contributed by atoms with E-state index < -0.39 is 0 Å². The fourth-order valence-corrected chi connectivity index (χ4v) is 3.62. The summed E-state index contributed by atoms with van der Waals surface area (Å²) in [7, 11) is 0. The Bertz CT molecular complexity index is 450. The van der Waals surface area contributed by atoms with Gasteiger partial charge in [-0.2, -0.15) is 5.10 Å². The lowest BCUT2D eigenvalue weighted by Crippen LogP contribution is -2.47. The standard InChI is InChI=1S/C15H25N3O/c1-3-18-13(9-11(2)17-18)14(16)12-5-8-19-15(10-12)6-4-7-15/h9,12,14H,3-8,10,16H2,1-2H3. The Kier molecular flexibility index (Phi) is 3.39. The van der Waals surface area contributed by atoms with Crippen LogP contribution in [0.3, 0.4) is 0 Å². The second-order valence-corrected chi connectivity index (χ2v) is 6.19. The average molecular weight is 263 g/mol. The molecule has 0 aromatic carbocycles. The van der Waals surface area contributed by atoms with Crippen LogP contribution >= 0.6 is 0 Å². The largest absolute Gasteiger partial charge is 0.375 e. The zero-order valence-corrected chi connectivity index (χ0v) is 12.1. The van der Waals surface area contributed by atoms with Crippen molar-refractivity contribution in [2.75, 3.05) is 6.61 Å². The van der Waals surface area contributed by atoms with Crippen molar-refractivity contribution in [1.29, 1.82) is 0 Å². The minimum absolute atomic E-state index is 0.0996. The summed E-state index contributed by atoms with van der Waals surface area (Å²) < 4.78 is 8.06. The van der Waals surface area contributed by atoms with Crippen molar-refractivity contribution in [2.24, 2.45) is 11.7 Å². The van der Waals surface area contributed by atoms with Gasteiger partial charge >= 0.3 is 0 Å². The van der Waals surface area contributed by atoms with Crippen molar-refractivity contribution in [2.45, 2.75) is 64.1 Å². The molecule has 2 aliphatic rings. The number of hydrogen-bond donors (Lipinski definition) is 1. The number of ether oxygens (including phenoxy) is 1. The van der Waals surface area contributed by atoms with Crippen LogP contribution in [0.5, 0.6) is 0 Å². The highest BCUT2D eigenvalue weighted by Gasteiger charge is 2.44. The van der Waals surface area contributed by atoms with Gasteiger partial charge in [0, 0.05) is 19.2 Å². The van der Waals surface area contributed by atoms with Gasteiger partial charge in [-0.25, -0.2) is 0 Å². The maximum atomic E-state index is 6.54. The summed E-state index contributed by atoms with van der Waals surface area (Å²) in [6, 6.07) is 2.25. The molecule has 1 spiro atoms. The molecule has 2 fully saturated rings. The van der Waals surface area contributed by atoms with E-state index in [0.29, 0.717) is 5.92 Å². The molecule has 1 aromatic rings. The molecule has 2 unspecified atom stereocenters. The highest BCUT2D eigenvalue weighted by atomic mass is 16.5. The maximum absolute atomic E-state index is 6.54. The van der Waals surface area contributed by atoms with Crippen LogP contribution in [0.25, 0.3) is 0 Å². The van der Waals surface area contributed by atoms with E-state index in [1.54, 1.807) is 0 Å². The van der Waals surface area contributed by atoms with Crippen LogP contribution in [-0.2, 0) is 11.3 Å². The van der Waals surface area contributed by atoms with Gasteiger partial charge in [0.1, 0.15) is 0 Å². The number of aryl methyl sites for hydroxylation is 2. The third-order valence-corrected chi connectivity index (χ3v) is 4.88. The summed E-state index contributed by atoms with van der Waals surface area (Å²) >= 11 is 0. The lowest BCUT2D eigenvalue weighted by Gasteiger charge is -2.48. The van der Waals surface area contributed by atoms with Gasteiger partial charge in [0.05, 0.1) is 17.0 Å². The van der Waals surface area contributed by atoms with Gasteiger partial charge in [-0.05, 0) is 57.9 Å². The summed E-state index contributed by atoms with van der Waals surface area (Å²) in [4.78, 5) is 0. The minimum atomic E-state index is 0.0996. The molecule has 1 aliphatic carbocycles. The Morgan fingerprint density at radius 3 is 3.00 bits per heavy atom. The normalized spacial score (nSPS) is 27.2. The monoisotopic (exact) mass is 263 g/mol. The molecule has 2 heterocycles. The molecular formula is C15H25N3O. The Balaban J connectivity index is 1.77. The van der Waals surface area contributed by atoms with Gasteiger partial charge in [0.2, 0.25) is 0 Å². The molecule has 3 rings (SSSR count). The molecule has 0 bridgehead atoms. The van der Waals surface area contributed by atoms with Crippen molar-refractivity contribution in [3.8, 4) is 0 Å². The Hall–Kier alpha value is -0.870. The minimum Gasteiger partial charge on any atom is -0.375 e. The highest BCUT2D eigenvalue weighted by molar-refractivity contribution is 5.15. The van der Waals surface area contributed by atoms with E-state index in [4.69, 9.17) is 10.5 Å². The van der Waals surface area contributed by atoms with E-state index in [1.807, 2.05) is 6.92 Å². The Morgan fingerprint density at radius 2 is 2.37 bits per heavy atom. The molecule has 1 aliphatic heterocycles. The van der Waals surface area contributed by atoms with Crippen molar-refractivity contribution >= 4 is 0 Å². The molecule has 4 nitrogen and oxygen atoms in total. The first-order chi connectivity index (χ1) is 9.13. The summed E-state index contributed by atoms with van der Waals surface area (Å²) in [5.74, 6) is 0.537. The van der Waals surface area contributed by atoms with E-state index in [1.165, 1.54) is 25.0 Å². The average Bonchev–Trinajstić information content (AvgIpc) is 2.77. The van der Waals surface area contributed by atoms with E-state index in [-0.39, 0.29) is 11.6 Å². The molecule has 1 aromatic heterocycles. The molecule has 4 heteroatoms. The SMILES string of the molecule is CCn1nc(C)cc1C(N)C1CCOC2(CCC2)C1. The van der Waals surface area contributed by atoms with Crippen LogP contribution in [-0.4, -0.2) is 22.0 Å². The third-order valence-electron chi connectivity index (χ3n) is 4.88. The molecule has 1 saturated heterocycles. The van der Waals surface area contributed by atoms with Gasteiger partial charge < -0.3 is 10.5 Å². The maximum Gasteiger partial charge on any atom is 0.0686 e. The smallest absolute Gasteiger partial charge is 0.0686 e. The number of hydrogen-bond acceptors (Lipinski definition) is 3. The van der Waals surface area contributed by atoms with E-state index in [9.17, 15) is 0 Å². The fraction of sp³-hybridized carbons (Fsp3) is 0.800. The molecule has 0 amide bonds. The summed E-state index contributed by atoms with van der Waals surface area (Å²) in [5, 5.41) is 4.52. The third kappa shape index (κ3) is 2.32. The van der Waals surface area contributed by atoms with Gasteiger partial charge in [0.15, 0.2) is 0 Å². The molecular weight excluding hydrogens is 238 g/mol. The fourth-order valence-electron chi connectivity index (χ4n) is 3.62. The predicted octanol–water partition coefficient (Wildman–Crippen LogP) is 2.56. The topological polar surface area (TPSA) is 53.1 Å². The van der Waals surface area contributed by atoms with Crippen molar-refractivity contribution < 1.29 is 4.74 Å². The number of nitrogens with zero attached hydrogens (tertiary/aromatic N) is 2. The van der Waals surface area contributed by atoms with Crippen LogP contribution in [0, 0.1) is 12.8 Å². The second-order valence-electron chi connectivity index (χ2n) is 6.19. The number of nitrogens with two attached hydrogens (primary N) is 1. The van der Waals surface area contributed by atoms with Crippen molar-refractivity contribution in [3.05, 3.63) is 17.5 Å². The number of aromatic nitrogens is 2. The quantitative estimate of drug-likeness (QED) is 0.912. The summed E-state index contributed by atoms with van der Waals surface area (Å²) in [6.45, 7) is 5.93. The number of rotatable bonds is 3. The first kappa shape index (κ1) is 13.1. The van der Waals surface area contributed by atoms with Crippen LogP contribution in [0.1, 0.15) is 56.5 Å². The molecule has 2 N–H and O–H groups in total. The molecule has 19 heavy (non-hydrogen) atoms. The van der Waals surface area contributed by atoms with E-state index in [0.717, 1.165) is 31.7 Å². The Morgan fingerprint density at radius 1 is 1.58 bits per heavy atom. The lowest BCUT2D eigenvalue weighted by molar-refractivity contribution is -0.146. The second kappa shape index (κ2) is 4.91. The van der Waals surface area contributed by atoms with Gasteiger partial charge in [0.25, 0.3) is 0 Å². The Labute approximate surface area is 115 Å². The van der Waals surface area contributed by atoms with Crippen LogP contribution in [0.2, 0.25) is 0 Å². The zero-order valence-electron chi connectivity index (χ0n) is 12.1. The van der Waals surface area contributed by atoms with Crippen LogP contribution < -0.4 is 5.73 Å². The lowest BCUT2D eigenvalue weighted by atomic mass is 9.70. The van der Waals surface area contributed by atoms with Crippen LogP contribution in [0.4, 0.5) is 0 Å². The summed E-state index contributed by atoms with van der Waals surface area (Å²) in [6.07, 6.45) is 5.97. The first-order valence-corrected chi connectivity index (χ1v) is 7.57. The van der Waals surface area contributed by atoms with Crippen molar-refractivity contribution in [1.82, 2.24) is 9.78 Å². The van der Waals surface area contributed by atoms with Crippen LogP contribution in [0.15, 0.2) is 6.07 Å². The summed E-state index contributed by atoms with van der Waals surface area (Å²) in [5.41, 5.74) is 8.98. The van der Waals surface area contributed by atoms with E-state index in [2.05, 4.69) is 22.8 Å². The highest BCUT2D eigenvalue weighted by Crippen LogP contribution is 2.46. The molecule has 2 atom stereocenters. The molecule has 0 radical (unpaired) electrons.